The van der Waals surface area contributed by atoms with Crippen molar-refractivity contribution < 1.29 is 38.0 Å². The number of hydrogen-bond donors (Lipinski definition) is 1. The Morgan fingerprint density at radius 1 is 0.911 bits per heavy atom. The van der Waals surface area contributed by atoms with E-state index in [9.17, 15) is 14.4 Å². The van der Waals surface area contributed by atoms with Crippen LogP contribution in [0.5, 0.6) is 34.5 Å². The van der Waals surface area contributed by atoms with Crippen LogP contribution in [-0.4, -0.2) is 54.4 Å². The summed E-state index contributed by atoms with van der Waals surface area (Å²) in [5, 5.41) is 3.22. The molecule has 45 heavy (non-hydrogen) atoms. The van der Waals surface area contributed by atoms with E-state index in [1.165, 1.54) is 46.1 Å². The zero-order valence-electron chi connectivity index (χ0n) is 25.2. The number of nitrogens with one attached hydrogen (secondary N) is 1. The largest absolute Gasteiger partial charge is 0.496 e. The van der Waals surface area contributed by atoms with Crippen molar-refractivity contribution in [1.82, 2.24) is 9.13 Å². The number of hydrogen-bond acceptors (Lipinski definition) is 11. The molecule has 1 spiro atoms. The summed E-state index contributed by atoms with van der Waals surface area (Å²) in [7, 11) is 7.16. The molecule has 234 valence electrons. The molecule has 4 heterocycles. The maximum absolute atomic E-state index is 15.0. The molecular formula is C31H28ClN3O10. The van der Waals surface area contributed by atoms with Gasteiger partial charge >= 0.3 is 5.69 Å². The van der Waals surface area contributed by atoms with Crippen molar-refractivity contribution in [1.29, 1.82) is 0 Å². The topological polar surface area (TPSA) is 146 Å². The van der Waals surface area contributed by atoms with Gasteiger partial charge in [-0.15, -0.1) is 0 Å². The first-order valence-corrected chi connectivity index (χ1v) is 14.4. The first-order chi connectivity index (χ1) is 21.5. The van der Waals surface area contributed by atoms with Gasteiger partial charge in [-0.25, -0.2) is 4.79 Å². The third-order valence-corrected chi connectivity index (χ3v) is 9.45. The highest BCUT2D eigenvalue weighted by Gasteiger charge is 2.64. The fraction of sp³-hybridized carbons (Fsp3) is 0.355. The van der Waals surface area contributed by atoms with Crippen LogP contribution in [0, 0.1) is 5.92 Å². The van der Waals surface area contributed by atoms with E-state index in [2.05, 4.69) is 5.32 Å². The van der Waals surface area contributed by atoms with Crippen LogP contribution < -0.4 is 45.0 Å². The fourth-order valence-corrected chi connectivity index (χ4v) is 7.10. The molecule has 14 heteroatoms. The minimum absolute atomic E-state index is 0.0198. The predicted molar refractivity (Wildman–Crippen MR) is 160 cm³/mol. The Labute approximate surface area is 260 Å². The van der Waals surface area contributed by atoms with Crippen molar-refractivity contribution in [3.8, 4) is 34.5 Å². The third kappa shape index (κ3) is 3.61. The van der Waals surface area contributed by atoms with E-state index in [4.69, 9.17) is 40.0 Å². The summed E-state index contributed by atoms with van der Waals surface area (Å²) in [6, 6.07) is 4.78. The van der Waals surface area contributed by atoms with Crippen LogP contribution in [0.2, 0.25) is 5.02 Å². The Bertz CT molecular complexity index is 2030. The number of anilines is 1. The van der Waals surface area contributed by atoms with E-state index in [-0.39, 0.29) is 58.0 Å². The first kappa shape index (κ1) is 28.8. The molecule has 0 unspecified atom stereocenters. The second-order valence-electron chi connectivity index (χ2n) is 11.3. The average Bonchev–Trinajstić information content (AvgIpc) is 3.64. The first-order valence-electron chi connectivity index (χ1n) is 14.0. The number of ether oxygens (including phenoxy) is 6. The monoisotopic (exact) mass is 637 g/mol. The number of rotatable bonds is 4. The molecule has 3 aromatic rings. The lowest BCUT2D eigenvalue weighted by Gasteiger charge is -2.42. The molecule has 1 aliphatic carbocycles. The molecule has 7 rings (SSSR count). The van der Waals surface area contributed by atoms with Gasteiger partial charge in [0.05, 0.1) is 26.9 Å². The summed E-state index contributed by atoms with van der Waals surface area (Å²) >= 11 is 6.62. The van der Waals surface area contributed by atoms with E-state index in [1.807, 2.05) is 0 Å². The Kier molecular flexibility index (Phi) is 6.28. The lowest BCUT2D eigenvalue weighted by molar-refractivity contribution is -0.130. The van der Waals surface area contributed by atoms with Crippen molar-refractivity contribution in [2.75, 3.05) is 33.4 Å². The van der Waals surface area contributed by atoms with Crippen molar-refractivity contribution in [3.05, 3.63) is 72.0 Å². The van der Waals surface area contributed by atoms with Crippen molar-refractivity contribution in [3.63, 3.8) is 0 Å². The number of carbonyl (C=O) groups excluding carboxylic acids is 2. The zero-order chi connectivity index (χ0) is 32.1. The number of halogens is 1. The molecule has 3 aliphatic heterocycles. The highest BCUT2D eigenvalue weighted by Crippen LogP contribution is 2.57. The van der Waals surface area contributed by atoms with Gasteiger partial charge in [-0.1, -0.05) is 18.5 Å². The van der Waals surface area contributed by atoms with Gasteiger partial charge < -0.3 is 33.7 Å². The minimum Gasteiger partial charge on any atom is -0.496 e. The van der Waals surface area contributed by atoms with Crippen LogP contribution in [-0.2, 0) is 18.9 Å². The minimum atomic E-state index is -2.03. The highest BCUT2D eigenvalue weighted by atomic mass is 35.5. The van der Waals surface area contributed by atoms with Crippen LogP contribution in [0.3, 0.4) is 0 Å². The average molecular weight is 638 g/mol. The van der Waals surface area contributed by atoms with Gasteiger partial charge in [-0.05, 0) is 24.1 Å². The standard InChI is InChI=1S/C31H28ClN3O10/c1-12-7-14-20(26(36)31(12)27(37)21-15(40-4)10-16(41-5)23(32)25(21)45-31)19(13-8-17(42-6)24-18(9-13)43-11-44-24)22-28(33-14)34(2)30(39)35(3)29(22)38/h8-10,12,19,33H,7,11H2,1-6H3/t12-,19+,31+/m1/s1. The number of ketones is 2. The molecule has 0 radical (unpaired) electrons. The van der Waals surface area contributed by atoms with Crippen LogP contribution in [0.25, 0.3) is 0 Å². The summed E-state index contributed by atoms with van der Waals surface area (Å²) in [6.07, 6.45) is 0.152. The van der Waals surface area contributed by atoms with Gasteiger partial charge in [0.25, 0.3) is 5.56 Å². The normalized spacial score (nSPS) is 22.5. The van der Waals surface area contributed by atoms with Gasteiger partial charge in [0.2, 0.25) is 29.7 Å². The van der Waals surface area contributed by atoms with Crippen LogP contribution in [0.15, 0.2) is 39.1 Å². The maximum Gasteiger partial charge on any atom is 0.332 e. The number of fused-ring (bicyclic) bond motifs is 3. The molecule has 0 amide bonds. The lowest BCUT2D eigenvalue weighted by Crippen LogP contribution is -2.58. The Morgan fingerprint density at radius 2 is 1.62 bits per heavy atom. The number of carbonyl (C=O) groups is 2. The van der Waals surface area contributed by atoms with Gasteiger partial charge in [0.15, 0.2) is 17.2 Å². The molecule has 2 aromatic carbocycles. The summed E-state index contributed by atoms with van der Waals surface area (Å²) < 4.78 is 36.4. The Hall–Kier alpha value is -4.91. The second kappa shape index (κ2) is 9.80. The van der Waals surface area contributed by atoms with Gasteiger partial charge in [-0.3, -0.25) is 23.5 Å². The highest BCUT2D eigenvalue weighted by molar-refractivity contribution is 6.36. The van der Waals surface area contributed by atoms with Gasteiger partial charge in [0.1, 0.15) is 27.9 Å². The van der Waals surface area contributed by atoms with E-state index in [0.29, 0.717) is 28.5 Å². The summed E-state index contributed by atoms with van der Waals surface area (Å²) in [4.78, 5) is 56.4. The fourth-order valence-electron chi connectivity index (χ4n) is 6.84. The number of aromatic nitrogens is 2. The summed E-state index contributed by atoms with van der Waals surface area (Å²) in [5.74, 6) is -1.45. The number of nitrogens with zero attached hydrogens (tertiary/aromatic N) is 2. The van der Waals surface area contributed by atoms with E-state index < -0.39 is 40.3 Å². The van der Waals surface area contributed by atoms with Crippen molar-refractivity contribution in [2.24, 2.45) is 20.0 Å². The Balaban J connectivity index is 1.50. The molecule has 3 atom stereocenters. The number of allylic oxidation sites excluding steroid dienone is 1. The molecule has 1 N–H and O–H groups in total. The molecule has 1 aromatic heterocycles. The summed E-state index contributed by atoms with van der Waals surface area (Å²) in [5.41, 5.74) is -2.04. The van der Waals surface area contributed by atoms with Crippen LogP contribution in [0.1, 0.15) is 40.7 Å². The SMILES string of the molecule is COc1cc(OC)c2c(c1Cl)O[C@@]1(C(=O)C3=C(C[C@H]1C)Nc1c(c(=O)n(C)c(=O)n1C)[C@H]3c1cc(OC)c3c(c1)OCO3)C2=O. The van der Waals surface area contributed by atoms with Crippen LogP contribution in [0.4, 0.5) is 5.82 Å². The predicted octanol–water partition coefficient (Wildman–Crippen LogP) is 2.93. The van der Waals surface area contributed by atoms with Crippen molar-refractivity contribution in [2.45, 2.75) is 24.9 Å². The van der Waals surface area contributed by atoms with Gasteiger partial charge in [-0.2, -0.15) is 0 Å². The quantitative estimate of drug-likeness (QED) is 0.422. The number of benzene rings is 2. The van der Waals surface area contributed by atoms with E-state index in [0.717, 1.165) is 4.57 Å². The lowest BCUT2D eigenvalue weighted by atomic mass is 9.66. The second-order valence-corrected chi connectivity index (χ2v) is 11.7. The summed E-state index contributed by atoms with van der Waals surface area (Å²) in [6.45, 7) is 1.68. The number of Topliss-reactive ketones (excluding diaryl/α,β-unsaturated/α-hetero) is 2. The molecule has 4 aliphatic rings. The molecule has 0 saturated carbocycles. The van der Waals surface area contributed by atoms with E-state index >= 15 is 4.79 Å². The van der Waals surface area contributed by atoms with Crippen LogP contribution >= 0.6 is 11.6 Å². The van der Waals surface area contributed by atoms with Gasteiger partial charge in [0, 0.05) is 43.3 Å². The molecule has 0 bridgehead atoms. The van der Waals surface area contributed by atoms with E-state index in [1.54, 1.807) is 19.1 Å². The molecule has 13 nitrogen and oxygen atoms in total. The molecule has 0 saturated heterocycles. The maximum atomic E-state index is 15.0. The molecule has 0 fully saturated rings. The Morgan fingerprint density at radius 3 is 2.31 bits per heavy atom. The smallest absolute Gasteiger partial charge is 0.332 e. The zero-order valence-corrected chi connectivity index (χ0v) is 25.9. The molecular weight excluding hydrogens is 610 g/mol. The van der Waals surface area contributed by atoms with Crippen molar-refractivity contribution >= 4 is 29.0 Å². The third-order valence-electron chi connectivity index (χ3n) is 9.09. The number of methoxy groups -OCH3 is 3.